The summed E-state index contributed by atoms with van der Waals surface area (Å²) in [5, 5.41) is 3.25. The fourth-order valence-electron chi connectivity index (χ4n) is 1.97. The summed E-state index contributed by atoms with van der Waals surface area (Å²) in [7, 11) is 3.20. The van der Waals surface area contributed by atoms with Crippen molar-refractivity contribution >= 4 is 0 Å². The van der Waals surface area contributed by atoms with Crippen LogP contribution in [0.4, 0.5) is 0 Å². The maximum atomic E-state index is 5.79. The molecule has 5 heteroatoms. The highest BCUT2D eigenvalue weighted by Crippen LogP contribution is 2.37. The van der Waals surface area contributed by atoms with Gasteiger partial charge in [-0.15, -0.1) is 0 Å². The average Bonchev–Trinajstić information content (AvgIpc) is 2.98. The monoisotopic (exact) mass is 291 g/mol. The fourth-order valence-corrected chi connectivity index (χ4v) is 1.97. The van der Waals surface area contributed by atoms with Gasteiger partial charge in [0.2, 0.25) is 5.75 Å². The van der Waals surface area contributed by atoms with Crippen LogP contribution in [0.5, 0.6) is 17.2 Å². The molecule has 0 atom stereocenters. The molecule has 0 aliphatic heterocycles. The molecule has 1 N–H and O–H groups in total. The van der Waals surface area contributed by atoms with E-state index < -0.39 is 0 Å². The summed E-state index contributed by atoms with van der Waals surface area (Å²) >= 11 is 0. The first kappa shape index (κ1) is 15.3. The zero-order chi connectivity index (χ0) is 15.1. The Balaban J connectivity index is 2.04. The highest BCUT2D eigenvalue weighted by Gasteiger charge is 2.12. The van der Waals surface area contributed by atoms with Crippen molar-refractivity contribution in [2.24, 2.45) is 0 Å². The third-order valence-electron chi connectivity index (χ3n) is 3.03. The van der Waals surface area contributed by atoms with Gasteiger partial charge in [0.05, 0.1) is 20.5 Å². The number of furan rings is 1. The minimum Gasteiger partial charge on any atom is -0.493 e. The van der Waals surface area contributed by atoms with Crippen LogP contribution in [-0.4, -0.2) is 20.8 Å². The molecule has 0 aliphatic carbocycles. The molecule has 1 aromatic heterocycles. The molecule has 0 saturated heterocycles. The molecular weight excluding hydrogens is 270 g/mol. The summed E-state index contributed by atoms with van der Waals surface area (Å²) in [5.41, 5.74) is 1.10. The minimum atomic E-state index is 0.322. The van der Waals surface area contributed by atoms with Gasteiger partial charge >= 0.3 is 0 Å². The normalized spacial score (nSPS) is 10.4. The van der Waals surface area contributed by atoms with Gasteiger partial charge in [-0.25, -0.2) is 0 Å². The lowest BCUT2D eigenvalue weighted by Crippen LogP contribution is -2.10. The molecule has 2 rings (SSSR count). The predicted octanol–water partition coefficient (Wildman–Crippen LogP) is 2.99. The van der Waals surface area contributed by atoms with Crippen molar-refractivity contribution in [2.75, 3.05) is 20.8 Å². The van der Waals surface area contributed by atoms with Gasteiger partial charge in [0.15, 0.2) is 11.5 Å². The Bertz CT molecular complexity index is 543. The first-order chi connectivity index (χ1) is 10.3. The smallest absolute Gasteiger partial charge is 0.203 e. The molecule has 0 amide bonds. The summed E-state index contributed by atoms with van der Waals surface area (Å²) in [6.45, 7) is 4.11. The molecule has 0 aliphatic rings. The molecule has 1 aromatic carbocycles. The molecule has 0 spiro atoms. The second-order valence-electron chi connectivity index (χ2n) is 4.48. The third-order valence-corrected chi connectivity index (χ3v) is 3.03. The van der Waals surface area contributed by atoms with Crippen molar-refractivity contribution in [3.05, 3.63) is 41.9 Å². The SMILES string of the molecule is CCNCc1coc(COc2c(OC)cccc2OC)c1. The molecule has 0 unspecified atom stereocenters. The first-order valence-corrected chi connectivity index (χ1v) is 6.89. The van der Waals surface area contributed by atoms with Gasteiger partial charge in [0.1, 0.15) is 12.4 Å². The highest BCUT2D eigenvalue weighted by molar-refractivity contribution is 5.51. The highest BCUT2D eigenvalue weighted by atomic mass is 16.5. The zero-order valence-electron chi connectivity index (χ0n) is 12.6. The maximum Gasteiger partial charge on any atom is 0.203 e. The molecular formula is C16H21NO4. The second kappa shape index (κ2) is 7.59. The summed E-state index contributed by atoms with van der Waals surface area (Å²) in [6.07, 6.45) is 1.74. The van der Waals surface area contributed by atoms with E-state index in [1.165, 1.54) is 0 Å². The molecule has 0 radical (unpaired) electrons. The van der Waals surface area contributed by atoms with Crippen molar-refractivity contribution in [2.45, 2.75) is 20.1 Å². The van der Waals surface area contributed by atoms with Crippen molar-refractivity contribution in [3.8, 4) is 17.2 Å². The van der Waals surface area contributed by atoms with E-state index in [0.29, 0.717) is 23.9 Å². The number of rotatable bonds is 8. The van der Waals surface area contributed by atoms with Crippen LogP contribution in [0.15, 0.2) is 34.9 Å². The van der Waals surface area contributed by atoms with Crippen LogP contribution < -0.4 is 19.5 Å². The van der Waals surface area contributed by atoms with Gasteiger partial charge in [-0.1, -0.05) is 13.0 Å². The van der Waals surface area contributed by atoms with E-state index in [1.807, 2.05) is 24.3 Å². The molecule has 0 fully saturated rings. The Morgan fingerprint density at radius 2 is 1.86 bits per heavy atom. The van der Waals surface area contributed by atoms with Gasteiger partial charge in [-0.05, 0) is 24.7 Å². The number of benzene rings is 1. The van der Waals surface area contributed by atoms with Crippen LogP contribution in [0.3, 0.4) is 0 Å². The minimum absolute atomic E-state index is 0.322. The Kier molecular flexibility index (Phi) is 5.51. The Labute approximate surface area is 124 Å². The number of nitrogens with one attached hydrogen (secondary N) is 1. The van der Waals surface area contributed by atoms with Gasteiger partial charge in [-0.2, -0.15) is 0 Å². The summed E-state index contributed by atoms with van der Waals surface area (Å²) in [4.78, 5) is 0. The van der Waals surface area contributed by atoms with Crippen LogP contribution in [0.1, 0.15) is 18.2 Å². The maximum absolute atomic E-state index is 5.79. The van der Waals surface area contributed by atoms with Crippen molar-refractivity contribution in [1.29, 1.82) is 0 Å². The molecule has 5 nitrogen and oxygen atoms in total. The topological polar surface area (TPSA) is 52.9 Å². The van der Waals surface area contributed by atoms with E-state index in [9.17, 15) is 0 Å². The predicted molar refractivity (Wildman–Crippen MR) is 80.0 cm³/mol. The van der Waals surface area contributed by atoms with Gasteiger partial charge in [0.25, 0.3) is 0 Å². The molecule has 2 aromatic rings. The number of hydrogen-bond acceptors (Lipinski definition) is 5. The van der Waals surface area contributed by atoms with E-state index in [1.54, 1.807) is 20.5 Å². The van der Waals surface area contributed by atoms with Crippen LogP contribution in [0.25, 0.3) is 0 Å². The van der Waals surface area contributed by atoms with Crippen LogP contribution in [-0.2, 0) is 13.2 Å². The first-order valence-electron chi connectivity index (χ1n) is 6.89. The number of ether oxygens (including phenoxy) is 3. The molecule has 1 heterocycles. The molecule has 21 heavy (non-hydrogen) atoms. The standard InChI is InChI=1S/C16H21NO4/c1-4-17-9-12-8-13(20-10-12)11-21-16-14(18-2)6-5-7-15(16)19-3/h5-8,10,17H,4,9,11H2,1-3H3. The van der Waals surface area contributed by atoms with Crippen LogP contribution in [0, 0.1) is 0 Å². The van der Waals surface area contributed by atoms with E-state index >= 15 is 0 Å². The van der Waals surface area contributed by atoms with Crippen LogP contribution >= 0.6 is 0 Å². The van der Waals surface area contributed by atoms with E-state index in [4.69, 9.17) is 18.6 Å². The van der Waals surface area contributed by atoms with E-state index in [-0.39, 0.29) is 0 Å². The van der Waals surface area contributed by atoms with Crippen LogP contribution in [0.2, 0.25) is 0 Å². The Morgan fingerprint density at radius 3 is 2.48 bits per heavy atom. The van der Waals surface area contributed by atoms with Crippen molar-refractivity contribution in [1.82, 2.24) is 5.32 Å². The molecule has 0 bridgehead atoms. The van der Waals surface area contributed by atoms with Gasteiger partial charge in [-0.3, -0.25) is 0 Å². The van der Waals surface area contributed by atoms with E-state index in [0.717, 1.165) is 24.4 Å². The number of para-hydroxylation sites is 1. The lowest BCUT2D eigenvalue weighted by molar-refractivity contribution is 0.242. The van der Waals surface area contributed by atoms with Crippen molar-refractivity contribution < 1.29 is 18.6 Å². The summed E-state index contributed by atoms with van der Waals surface area (Å²) in [6, 6.07) is 7.49. The third kappa shape index (κ3) is 3.92. The van der Waals surface area contributed by atoms with Gasteiger partial charge < -0.3 is 23.9 Å². The average molecular weight is 291 g/mol. The fraction of sp³-hybridized carbons (Fsp3) is 0.375. The lowest BCUT2D eigenvalue weighted by atomic mass is 10.3. The number of hydrogen-bond donors (Lipinski definition) is 1. The second-order valence-corrected chi connectivity index (χ2v) is 4.48. The Hall–Kier alpha value is -2.14. The quantitative estimate of drug-likeness (QED) is 0.810. The molecule has 114 valence electrons. The van der Waals surface area contributed by atoms with Crippen molar-refractivity contribution in [3.63, 3.8) is 0 Å². The summed E-state index contributed by atoms with van der Waals surface area (Å²) in [5.74, 6) is 2.60. The number of methoxy groups -OCH3 is 2. The zero-order valence-corrected chi connectivity index (χ0v) is 12.6. The largest absolute Gasteiger partial charge is 0.493 e. The lowest BCUT2D eigenvalue weighted by Gasteiger charge is -2.13. The van der Waals surface area contributed by atoms with E-state index in [2.05, 4.69) is 12.2 Å². The molecule has 0 saturated carbocycles. The summed E-state index contributed by atoms with van der Waals surface area (Å²) < 4.78 is 21.9. The van der Waals surface area contributed by atoms with Gasteiger partial charge in [0, 0.05) is 12.1 Å². The Morgan fingerprint density at radius 1 is 1.14 bits per heavy atom.